The van der Waals surface area contributed by atoms with Crippen LogP contribution >= 0.6 is 0 Å². The molecule has 1 aliphatic heterocycles. The van der Waals surface area contributed by atoms with E-state index < -0.39 is 12.1 Å². The van der Waals surface area contributed by atoms with Crippen molar-refractivity contribution in [1.29, 1.82) is 0 Å². The van der Waals surface area contributed by atoms with Crippen molar-refractivity contribution in [3.05, 3.63) is 29.8 Å². The van der Waals surface area contributed by atoms with Gasteiger partial charge in [0.25, 0.3) is 0 Å². The van der Waals surface area contributed by atoms with Crippen LogP contribution in [0, 0.1) is 6.92 Å². The van der Waals surface area contributed by atoms with E-state index in [9.17, 15) is 9.59 Å². The Labute approximate surface area is 107 Å². The molecule has 1 fully saturated rings. The van der Waals surface area contributed by atoms with E-state index in [-0.39, 0.29) is 11.8 Å². The lowest BCUT2D eigenvalue weighted by Gasteiger charge is -2.38. The van der Waals surface area contributed by atoms with Crippen molar-refractivity contribution in [2.75, 3.05) is 4.90 Å². The number of benzene rings is 1. The van der Waals surface area contributed by atoms with Crippen LogP contribution in [0.25, 0.3) is 0 Å². The number of nitrogens with one attached hydrogen (secondary N) is 1. The lowest BCUT2D eigenvalue weighted by Crippen LogP contribution is -2.62. The van der Waals surface area contributed by atoms with Gasteiger partial charge < -0.3 is 5.32 Å². The normalized spacial score (nSPS) is 24.1. The number of aryl methyl sites for hydroxylation is 1. The Morgan fingerprint density at radius 1 is 1.28 bits per heavy atom. The summed E-state index contributed by atoms with van der Waals surface area (Å²) in [5.41, 5.74) is 1.84. The number of anilines is 1. The first-order chi connectivity index (χ1) is 8.56. The molecule has 0 aliphatic carbocycles. The van der Waals surface area contributed by atoms with Crippen molar-refractivity contribution in [1.82, 2.24) is 5.32 Å². The average molecular weight is 246 g/mol. The van der Waals surface area contributed by atoms with E-state index in [4.69, 9.17) is 0 Å². The molecule has 4 nitrogen and oxygen atoms in total. The van der Waals surface area contributed by atoms with E-state index in [2.05, 4.69) is 5.32 Å². The molecule has 1 aliphatic rings. The van der Waals surface area contributed by atoms with Gasteiger partial charge in [-0.2, -0.15) is 0 Å². The quantitative estimate of drug-likeness (QED) is 0.862. The van der Waals surface area contributed by atoms with Gasteiger partial charge >= 0.3 is 0 Å². The maximum Gasteiger partial charge on any atom is 0.250 e. The SMILES string of the molecule is CCC1C(=O)NC(C)C(=O)N1c1ccccc1C. The van der Waals surface area contributed by atoms with Gasteiger partial charge in [0.05, 0.1) is 0 Å². The van der Waals surface area contributed by atoms with Gasteiger partial charge in [0.1, 0.15) is 12.1 Å². The highest BCUT2D eigenvalue weighted by atomic mass is 16.2. The monoisotopic (exact) mass is 246 g/mol. The first-order valence-electron chi connectivity index (χ1n) is 6.25. The summed E-state index contributed by atoms with van der Waals surface area (Å²) in [6, 6.07) is 6.79. The molecule has 1 saturated heterocycles. The second-order valence-electron chi connectivity index (χ2n) is 4.65. The molecular formula is C14H18N2O2. The summed E-state index contributed by atoms with van der Waals surface area (Å²) in [5.74, 6) is -0.122. The largest absolute Gasteiger partial charge is 0.343 e. The third kappa shape index (κ3) is 1.98. The van der Waals surface area contributed by atoms with Crippen LogP contribution in [0.5, 0.6) is 0 Å². The highest BCUT2D eigenvalue weighted by Gasteiger charge is 2.38. The number of rotatable bonds is 2. The molecule has 0 spiro atoms. The molecule has 1 aromatic carbocycles. The van der Waals surface area contributed by atoms with Gasteiger partial charge in [-0.25, -0.2) is 0 Å². The molecule has 2 atom stereocenters. The van der Waals surface area contributed by atoms with Crippen molar-refractivity contribution in [3.8, 4) is 0 Å². The van der Waals surface area contributed by atoms with Crippen LogP contribution < -0.4 is 10.2 Å². The van der Waals surface area contributed by atoms with Gasteiger partial charge in [-0.05, 0) is 31.9 Å². The molecule has 0 bridgehead atoms. The molecule has 1 heterocycles. The lowest BCUT2D eigenvalue weighted by atomic mass is 10.0. The Balaban J connectivity index is 2.47. The Hall–Kier alpha value is -1.84. The van der Waals surface area contributed by atoms with E-state index in [0.29, 0.717) is 6.42 Å². The van der Waals surface area contributed by atoms with Crippen molar-refractivity contribution >= 4 is 17.5 Å². The zero-order valence-electron chi connectivity index (χ0n) is 10.9. The zero-order chi connectivity index (χ0) is 13.3. The van der Waals surface area contributed by atoms with Crippen LogP contribution in [0.1, 0.15) is 25.8 Å². The second-order valence-corrected chi connectivity index (χ2v) is 4.65. The summed E-state index contributed by atoms with van der Waals surface area (Å²) in [7, 11) is 0. The number of carbonyl (C=O) groups is 2. The summed E-state index contributed by atoms with van der Waals surface area (Å²) < 4.78 is 0. The fourth-order valence-electron chi connectivity index (χ4n) is 2.34. The number of nitrogens with zero attached hydrogens (tertiary/aromatic N) is 1. The number of hydrogen-bond donors (Lipinski definition) is 1. The van der Waals surface area contributed by atoms with Crippen molar-refractivity contribution < 1.29 is 9.59 Å². The Kier molecular flexibility index (Phi) is 3.36. The molecule has 0 saturated carbocycles. The Bertz CT molecular complexity index is 484. The van der Waals surface area contributed by atoms with Gasteiger partial charge in [-0.1, -0.05) is 25.1 Å². The topological polar surface area (TPSA) is 49.4 Å². The summed E-state index contributed by atoms with van der Waals surface area (Å²) in [6.07, 6.45) is 0.610. The minimum Gasteiger partial charge on any atom is -0.343 e. The van der Waals surface area contributed by atoms with Crippen LogP contribution in [-0.2, 0) is 9.59 Å². The molecule has 0 aromatic heterocycles. The highest BCUT2D eigenvalue weighted by molar-refractivity contribution is 6.08. The van der Waals surface area contributed by atoms with Gasteiger partial charge in [0.2, 0.25) is 11.8 Å². The van der Waals surface area contributed by atoms with E-state index in [0.717, 1.165) is 11.3 Å². The number of hydrogen-bond acceptors (Lipinski definition) is 2. The standard InChI is InChI=1S/C14H18N2O2/c1-4-11-13(17)15-10(3)14(18)16(11)12-8-6-5-7-9(12)2/h5-8,10-11H,4H2,1-3H3,(H,15,17). The third-order valence-corrected chi connectivity index (χ3v) is 3.34. The van der Waals surface area contributed by atoms with E-state index in [1.807, 2.05) is 38.1 Å². The van der Waals surface area contributed by atoms with E-state index in [1.165, 1.54) is 0 Å². The molecule has 1 N–H and O–H groups in total. The maximum absolute atomic E-state index is 12.3. The molecule has 96 valence electrons. The van der Waals surface area contributed by atoms with Crippen LogP contribution in [0.2, 0.25) is 0 Å². The molecule has 0 radical (unpaired) electrons. The molecule has 1 aromatic rings. The Morgan fingerprint density at radius 2 is 1.94 bits per heavy atom. The zero-order valence-corrected chi connectivity index (χ0v) is 10.9. The number of amides is 2. The highest BCUT2D eigenvalue weighted by Crippen LogP contribution is 2.26. The summed E-state index contributed by atoms with van der Waals surface area (Å²) in [6.45, 7) is 5.59. The first kappa shape index (κ1) is 12.6. The van der Waals surface area contributed by atoms with Crippen molar-refractivity contribution in [2.24, 2.45) is 0 Å². The first-order valence-corrected chi connectivity index (χ1v) is 6.25. The van der Waals surface area contributed by atoms with E-state index in [1.54, 1.807) is 11.8 Å². The summed E-state index contributed by atoms with van der Waals surface area (Å²) in [5, 5.41) is 2.72. The van der Waals surface area contributed by atoms with Gasteiger partial charge in [-0.3, -0.25) is 14.5 Å². The minimum atomic E-state index is -0.458. The number of para-hydroxylation sites is 1. The summed E-state index contributed by atoms with van der Waals surface area (Å²) in [4.78, 5) is 25.9. The molecular weight excluding hydrogens is 228 g/mol. The molecule has 2 amide bonds. The minimum absolute atomic E-state index is 0.0456. The lowest BCUT2D eigenvalue weighted by molar-refractivity contribution is -0.133. The van der Waals surface area contributed by atoms with E-state index >= 15 is 0 Å². The van der Waals surface area contributed by atoms with Crippen LogP contribution in [-0.4, -0.2) is 23.9 Å². The Morgan fingerprint density at radius 3 is 2.56 bits per heavy atom. The molecule has 2 rings (SSSR count). The molecule has 4 heteroatoms. The van der Waals surface area contributed by atoms with Crippen molar-refractivity contribution in [3.63, 3.8) is 0 Å². The van der Waals surface area contributed by atoms with Crippen LogP contribution in [0.15, 0.2) is 24.3 Å². The molecule has 2 unspecified atom stereocenters. The fourth-order valence-corrected chi connectivity index (χ4v) is 2.34. The van der Waals surface area contributed by atoms with Crippen molar-refractivity contribution in [2.45, 2.75) is 39.3 Å². The van der Waals surface area contributed by atoms with Gasteiger partial charge in [0, 0.05) is 5.69 Å². The molecule has 18 heavy (non-hydrogen) atoms. The number of piperazine rings is 1. The predicted molar refractivity (Wildman–Crippen MR) is 70.3 cm³/mol. The fraction of sp³-hybridized carbons (Fsp3) is 0.429. The van der Waals surface area contributed by atoms with Crippen LogP contribution in [0.3, 0.4) is 0 Å². The maximum atomic E-state index is 12.3. The average Bonchev–Trinajstić information content (AvgIpc) is 2.34. The van der Waals surface area contributed by atoms with Gasteiger partial charge in [-0.15, -0.1) is 0 Å². The van der Waals surface area contributed by atoms with Crippen LogP contribution in [0.4, 0.5) is 5.69 Å². The summed E-state index contributed by atoms with van der Waals surface area (Å²) >= 11 is 0. The predicted octanol–water partition coefficient (Wildman–Crippen LogP) is 1.62. The number of carbonyl (C=O) groups excluding carboxylic acids is 2. The second kappa shape index (κ2) is 4.80. The van der Waals surface area contributed by atoms with Gasteiger partial charge in [0.15, 0.2) is 0 Å². The smallest absolute Gasteiger partial charge is 0.250 e. The third-order valence-electron chi connectivity index (χ3n) is 3.34.